The first-order valence-electron chi connectivity index (χ1n) is 4.16. The molecule has 0 bridgehead atoms. The molecule has 0 aliphatic heterocycles. The number of amides is 1. The largest absolute Gasteiger partial charge is 0.480 e. The van der Waals surface area contributed by atoms with Gasteiger partial charge in [0.05, 0.1) is 0 Å². The Labute approximate surface area is 92.6 Å². The zero-order valence-electron chi connectivity index (χ0n) is 7.96. The van der Waals surface area contributed by atoms with Gasteiger partial charge in [0.2, 0.25) is 0 Å². The predicted molar refractivity (Wildman–Crippen MR) is 54.5 cm³/mol. The highest BCUT2D eigenvalue weighted by molar-refractivity contribution is 6.53. The Morgan fingerprint density at radius 2 is 1.86 bits per heavy atom. The number of hydrogen-bond acceptors (Lipinski definition) is 2. The first-order chi connectivity index (χ1) is 6.34. The summed E-state index contributed by atoms with van der Waals surface area (Å²) in [6, 6.07) is -0.928. The van der Waals surface area contributed by atoms with Gasteiger partial charge in [0.1, 0.15) is 6.04 Å². The number of carbonyl (C=O) groups excluding carboxylic acids is 1. The van der Waals surface area contributed by atoms with Crippen LogP contribution in [0.2, 0.25) is 0 Å². The number of carboxylic acid groups (broad SMARTS) is 1. The van der Waals surface area contributed by atoms with Crippen molar-refractivity contribution in [1.29, 1.82) is 0 Å². The van der Waals surface area contributed by atoms with Gasteiger partial charge in [-0.2, -0.15) is 0 Å². The van der Waals surface area contributed by atoms with Crippen molar-refractivity contribution in [2.45, 2.75) is 31.1 Å². The molecule has 1 unspecified atom stereocenters. The maximum atomic E-state index is 11.0. The number of alkyl halides is 2. The van der Waals surface area contributed by atoms with Crippen molar-refractivity contribution in [3.8, 4) is 0 Å². The van der Waals surface area contributed by atoms with E-state index in [1.165, 1.54) is 0 Å². The van der Waals surface area contributed by atoms with Gasteiger partial charge in [-0.05, 0) is 12.3 Å². The van der Waals surface area contributed by atoms with Crippen LogP contribution in [-0.2, 0) is 9.59 Å². The predicted octanol–water partition coefficient (Wildman–Crippen LogP) is 1.41. The molecule has 2 N–H and O–H groups in total. The standard InChI is InChI=1S/C8H13Cl2NO3/c1-4(2)3-5(8(13)14)11-7(12)6(9)10/h4-6H,3H2,1-2H3,(H,11,12)(H,13,14). The van der Waals surface area contributed by atoms with Gasteiger partial charge in [-0.3, -0.25) is 4.79 Å². The Balaban J connectivity index is 4.23. The molecule has 14 heavy (non-hydrogen) atoms. The first-order valence-corrected chi connectivity index (χ1v) is 5.03. The molecule has 0 radical (unpaired) electrons. The summed E-state index contributed by atoms with van der Waals surface area (Å²) in [5.41, 5.74) is 0. The van der Waals surface area contributed by atoms with Gasteiger partial charge in [0, 0.05) is 0 Å². The molecule has 1 amide bonds. The summed E-state index contributed by atoms with van der Waals surface area (Å²) >= 11 is 10.5. The maximum Gasteiger partial charge on any atom is 0.326 e. The number of rotatable bonds is 5. The molecule has 0 aromatic carbocycles. The molecular weight excluding hydrogens is 229 g/mol. The average Bonchev–Trinajstić information content (AvgIpc) is 2.01. The lowest BCUT2D eigenvalue weighted by Crippen LogP contribution is -2.43. The monoisotopic (exact) mass is 241 g/mol. The Bertz CT molecular complexity index is 219. The fraction of sp³-hybridized carbons (Fsp3) is 0.750. The number of nitrogens with one attached hydrogen (secondary N) is 1. The molecular formula is C8H13Cl2NO3. The quantitative estimate of drug-likeness (QED) is 0.716. The number of carboxylic acids is 1. The van der Waals surface area contributed by atoms with E-state index in [1.54, 1.807) is 0 Å². The van der Waals surface area contributed by atoms with Crippen LogP contribution in [0.5, 0.6) is 0 Å². The van der Waals surface area contributed by atoms with Crippen LogP contribution in [0.25, 0.3) is 0 Å². The van der Waals surface area contributed by atoms with Crippen molar-refractivity contribution in [2.75, 3.05) is 0 Å². The molecule has 0 aromatic heterocycles. The minimum absolute atomic E-state index is 0.167. The molecule has 0 aliphatic carbocycles. The molecule has 0 spiro atoms. The molecule has 0 fully saturated rings. The Hall–Kier alpha value is -0.480. The van der Waals surface area contributed by atoms with E-state index < -0.39 is 22.8 Å². The van der Waals surface area contributed by atoms with Crippen LogP contribution >= 0.6 is 23.2 Å². The van der Waals surface area contributed by atoms with Crippen LogP contribution < -0.4 is 5.32 Å². The van der Waals surface area contributed by atoms with Gasteiger partial charge in [-0.1, -0.05) is 37.0 Å². The molecule has 1 atom stereocenters. The lowest BCUT2D eigenvalue weighted by Gasteiger charge is -2.16. The normalized spacial score (nSPS) is 13.0. The zero-order valence-corrected chi connectivity index (χ0v) is 9.47. The summed E-state index contributed by atoms with van der Waals surface area (Å²) in [6.45, 7) is 3.72. The third-order valence-corrected chi connectivity index (χ3v) is 1.92. The van der Waals surface area contributed by atoms with Crippen LogP contribution in [0.4, 0.5) is 0 Å². The summed E-state index contributed by atoms with van der Waals surface area (Å²) in [6.07, 6.45) is 0.349. The number of aliphatic carboxylic acids is 1. The molecule has 6 heteroatoms. The van der Waals surface area contributed by atoms with Crippen LogP contribution in [0.1, 0.15) is 20.3 Å². The number of hydrogen-bond donors (Lipinski definition) is 2. The van der Waals surface area contributed by atoms with E-state index in [4.69, 9.17) is 28.3 Å². The molecule has 82 valence electrons. The number of carbonyl (C=O) groups is 2. The van der Waals surface area contributed by atoms with Crippen molar-refractivity contribution >= 4 is 35.1 Å². The van der Waals surface area contributed by atoms with Crippen molar-refractivity contribution in [2.24, 2.45) is 5.92 Å². The molecule has 0 rings (SSSR count). The summed E-state index contributed by atoms with van der Waals surface area (Å²) in [5.74, 6) is -1.59. The molecule has 4 nitrogen and oxygen atoms in total. The Kier molecular flexibility index (Phi) is 5.88. The van der Waals surface area contributed by atoms with Crippen LogP contribution in [0.3, 0.4) is 0 Å². The highest BCUT2D eigenvalue weighted by atomic mass is 35.5. The van der Waals surface area contributed by atoms with Crippen molar-refractivity contribution < 1.29 is 14.7 Å². The summed E-state index contributed by atoms with van der Waals surface area (Å²) in [4.78, 5) is 20.5. The van der Waals surface area contributed by atoms with E-state index >= 15 is 0 Å². The highest BCUT2D eigenvalue weighted by Crippen LogP contribution is 2.07. The van der Waals surface area contributed by atoms with Gasteiger partial charge in [-0.15, -0.1) is 0 Å². The van der Waals surface area contributed by atoms with E-state index in [9.17, 15) is 9.59 Å². The molecule has 0 saturated carbocycles. The van der Waals surface area contributed by atoms with Crippen molar-refractivity contribution in [3.05, 3.63) is 0 Å². The molecule has 0 aromatic rings. The van der Waals surface area contributed by atoms with Crippen LogP contribution in [-0.4, -0.2) is 27.9 Å². The minimum atomic E-state index is -1.23. The van der Waals surface area contributed by atoms with Gasteiger partial charge in [0.15, 0.2) is 4.84 Å². The van der Waals surface area contributed by atoms with Crippen LogP contribution in [0.15, 0.2) is 0 Å². The Morgan fingerprint density at radius 3 is 2.14 bits per heavy atom. The smallest absolute Gasteiger partial charge is 0.326 e. The fourth-order valence-electron chi connectivity index (χ4n) is 0.928. The zero-order chi connectivity index (χ0) is 11.3. The minimum Gasteiger partial charge on any atom is -0.480 e. The second-order valence-electron chi connectivity index (χ2n) is 3.33. The van der Waals surface area contributed by atoms with E-state index in [0.717, 1.165) is 0 Å². The second kappa shape index (κ2) is 6.09. The molecule has 0 aliphatic rings. The molecule has 0 heterocycles. The van der Waals surface area contributed by atoms with Crippen molar-refractivity contribution in [3.63, 3.8) is 0 Å². The summed E-state index contributed by atoms with van der Waals surface area (Å²) < 4.78 is 0. The first kappa shape index (κ1) is 13.5. The van der Waals surface area contributed by atoms with E-state index in [2.05, 4.69) is 5.32 Å². The van der Waals surface area contributed by atoms with E-state index in [0.29, 0.717) is 6.42 Å². The van der Waals surface area contributed by atoms with E-state index in [-0.39, 0.29) is 5.92 Å². The third-order valence-electron chi connectivity index (χ3n) is 1.52. The SMILES string of the molecule is CC(C)CC(NC(=O)C(Cl)Cl)C(=O)O. The topological polar surface area (TPSA) is 66.4 Å². The van der Waals surface area contributed by atoms with Gasteiger partial charge in [0.25, 0.3) is 5.91 Å². The van der Waals surface area contributed by atoms with Crippen LogP contribution in [0, 0.1) is 5.92 Å². The Morgan fingerprint density at radius 1 is 1.36 bits per heavy atom. The fourth-order valence-corrected chi connectivity index (χ4v) is 1.05. The summed E-state index contributed by atoms with van der Waals surface area (Å²) in [7, 11) is 0. The van der Waals surface area contributed by atoms with Crippen molar-refractivity contribution in [1.82, 2.24) is 5.32 Å². The second-order valence-corrected chi connectivity index (χ2v) is 4.43. The van der Waals surface area contributed by atoms with Gasteiger partial charge in [-0.25, -0.2) is 4.79 Å². The van der Waals surface area contributed by atoms with Gasteiger partial charge >= 0.3 is 5.97 Å². The highest BCUT2D eigenvalue weighted by Gasteiger charge is 2.23. The number of halogens is 2. The lowest BCUT2D eigenvalue weighted by atomic mass is 10.0. The lowest BCUT2D eigenvalue weighted by molar-refractivity contribution is -0.142. The average molecular weight is 242 g/mol. The van der Waals surface area contributed by atoms with Gasteiger partial charge < -0.3 is 10.4 Å². The van der Waals surface area contributed by atoms with E-state index in [1.807, 2.05) is 13.8 Å². The third kappa shape index (κ3) is 5.29. The summed E-state index contributed by atoms with van der Waals surface area (Å²) in [5, 5.41) is 11.0. The maximum absolute atomic E-state index is 11.0. The molecule has 0 saturated heterocycles.